The van der Waals surface area contributed by atoms with Gasteiger partial charge in [-0.15, -0.1) is 0 Å². The van der Waals surface area contributed by atoms with E-state index in [2.05, 4.69) is 9.84 Å². The van der Waals surface area contributed by atoms with Crippen molar-refractivity contribution in [1.82, 2.24) is 9.78 Å². The van der Waals surface area contributed by atoms with Crippen LogP contribution < -0.4 is 4.74 Å². The maximum Gasteiger partial charge on any atom is 0.511 e. The molecule has 0 fully saturated rings. The van der Waals surface area contributed by atoms with Gasteiger partial charge in [0.1, 0.15) is 0 Å². The molecular formula is C11H10N2O3. The van der Waals surface area contributed by atoms with Crippen molar-refractivity contribution in [3.63, 3.8) is 0 Å². The minimum atomic E-state index is -1.34. The molecule has 0 radical (unpaired) electrons. The number of carbonyl (C=O) groups is 1. The van der Waals surface area contributed by atoms with Gasteiger partial charge in [-0.1, -0.05) is 18.2 Å². The van der Waals surface area contributed by atoms with Crippen molar-refractivity contribution in [2.24, 2.45) is 0 Å². The van der Waals surface area contributed by atoms with Crippen molar-refractivity contribution >= 4 is 6.16 Å². The van der Waals surface area contributed by atoms with Crippen LogP contribution in [0.2, 0.25) is 0 Å². The Hall–Kier alpha value is -2.30. The van der Waals surface area contributed by atoms with Gasteiger partial charge in [-0.2, -0.15) is 5.10 Å². The summed E-state index contributed by atoms with van der Waals surface area (Å²) in [6.07, 6.45) is 0.0481. The van der Waals surface area contributed by atoms with Crippen LogP contribution in [-0.2, 0) is 0 Å². The van der Waals surface area contributed by atoms with E-state index in [0.717, 1.165) is 5.69 Å². The SMILES string of the molecule is Cc1c(OC(=O)O)cnn1-c1ccccc1. The van der Waals surface area contributed by atoms with E-state index in [0.29, 0.717) is 5.69 Å². The molecule has 1 aromatic heterocycles. The van der Waals surface area contributed by atoms with Gasteiger partial charge >= 0.3 is 6.16 Å². The average Bonchev–Trinajstić information content (AvgIpc) is 2.61. The van der Waals surface area contributed by atoms with Crippen molar-refractivity contribution in [2.45, 2.75) is 6.92 Å². The molecule has 0 spiro atoms. The highest BCUT2D eigenvalue weighted by molar-refractivity contribution is 5.61. The highest BCUT2D eigenvalue weighted by Crippen LogP contribution is 2.20. The van der Waals surface area contributed by atoms with Crippen LogP contribution in [0.3, 0.4) is 0 Å². The molecule has 0 aliphatic heterocycles. The zero-order chi connectivity index (χ0) is 11.5. The summed E-state index contributed by atoms with van der Waals surface area (Å²) in [6, 6.07) is 9.43. The molecule has 2 aromatic rings. The number of para-hydroxylation sites is 1. The molecule has 82 valence electrons. The zero-order valence-electron chi connectivity index (χ0n) is 8.62. The second-order valence-corrected chi connectivity index (χ2v) is 3.21. The Morgan fingerprint density at radius 2 is 2.06 bits per heavy atom. The molecule has 0 aliphatic carbocycles. The zero-order valence-corrected chi connectivity index (χ0v) is 8.62. The lowest BCUT2D eigenvalue weighted by Gasteiger charge is -2.03. The lowest BCUT2D eigenvalue weighted by Crippen LogP contribution is -2.04. The van der Waals surface area contributed by atoms with Crippen molar-refractivity contribution in [2.75, 3.05) is 0 Å². The van der Waals surface area contributed by atoms with Crippen LogP contribution >= 0.6 is 0 Å². The average molecular weight is 218 g/mol. The van der Waals surface area contributed by atoms with Crippen LogP contribution in [0.4, 0.5) is 4.79 Å². The summed E-state index contributed by atoms with van der Waals surface area (Å²) in [5.41, 5.74) is 1.51. The van der Waals surface area contributed by atoms with Gasteiger partial charge in [-0.25, -0.2) is 9.48 Å². The second kappa shape index (κ2) is 4.06. The lowest BCUT2D eigenvalue weighted by atomic mass is 10.3. The molecular weight excluding hydrogens is 208 g/mol. The molecule has 1 N–H and O–H groups in total. The van der Waals surface area contributed by atoms with Gasteiger partial charge in [-0.3, -0.25) is 0 Å². The molecule has 0 aliphatic rings. The van der Waals surface area contributed by atoms with Crippen LogP contribution in [0.5, 0.6) is 5.75 Å². The summed E-state index contributed by atoms with van der Waals surface area (Å²) in [5.74, 6) is 0.247. The first-order valence-corrected chi connectivity index (χ1v) is 4.69. The van der Waals surface area contributed by atoms with Crippen LogP contribution in [0.15, 0.2) is 36.5 Å². The molecule has 0 bridgehead atoms. The van der Waals surface area contributed by atoms with Gasteiger partial charge in [0.2, 0.25) is 0 Å². The number of hydrogen-bond donors (Lipinski definition) is 1. The molecule has 1 aromatic carbocycles. The van der Waals surface area contributed by atoms with Gasteiger partial charge < -0.3 is 9.84 Å². The number of carboxylic acid groups (broad SMARTS) is 1. The molecule has 5 heteroatoms. The van der Waals surface area contributed by atoms with E-state index in [9.17, 15) is 4.79 Å². The maximum atomic E-state index is 10.4. The largest absolute Gasteiger partial charge is 0.511 e. The van der Waals surface area contributed by atoms with Gasteiger partial charge in [0.15, 0.2) is 5.75 Å². The van der Waals surface area contributed by atoms with E-state index in [4.69, 9.17) is 5.11 Å². The number of rotatable bonds is 2. The van der Waals surface area contributed by atoms with E-state index in [1.807, 2.05) is 30.3 Å². The summed E-state index contributed by atoms with van der Waals surface area (Å²) in [5, 5.41) is 12.6. The smallest absolute Gasteiger partial charge is 0.449 e. The first kappa shape index (κ1) is 10.2. The minimum Gasteiger partial charge on any atom is -0.449 e. The molecule has 2 rings (SSSR count). The first-order valence-electron chi connectivity index (χ1n) is 4.69. The lowest BCUT2D eigenvalue weighted by molar-refractivity contribution is 0.144. The van der Waals surface area contributed by atoms with Crippen molar-refractivity contribution in [1.29, 1.82) is 0 Å². The highest BCUT2D eigenvalue weighted by Gasteiger charge is 2.11. The topological polar surface area (TPSA) is 64.3 Å². The normalized spacial score (nSPS) is 10.1. The summed E-state index contributed by atoms with van der Waals surface area (Å²) >= 11 is 0. The molecule has 1 heterocycles. The molecule has 0 atom stereocenters. The summed E-state index contributed by atoms with van der Waals surface area (Å²) in [7, 11) is 0. The highest BCUT2D eigenvalue weighted by atomic mass is 16.7. The van der Waals surface area contributed by atoms with E-state index in [-0.39, 0.29) is 5.75 Å². The third kappa shape index (κ3) is 1.88. The predicted octanol–water partition coefficient (Wildman–Crippen LogP) is 2.24. The fourth-order valence-electron chi connectivity index (χ4n) is 1.42. The summed E-state index contributed by atoms with van der Waals surface area (Å²) in [6.45, 7) is 1.75. The van der Waals surface area contributed by atoms with Crippen molar-refractivity contribution in [3.8, 4) is 11.4 Å². The summed E-state index contributed by atoms with van der Waals surface area (Å²) in [4.78, 5) is 10.4. The number of aromatic nitrogens is 2. The van der Waals surface area contributed by atoms with Crippen LogP contribution in [0, 0.1) is 6.92 Å². The van der Waals surface area contributed by atoms with Gasteiger partial charge in [-0.05, 0) is 19.1 Å². The maximum absolute atomic E-state index is 10.4. The van der Waals surface area contributed by atoms with Crippen LogP contribution in [-0.4, -0.2) is 21.0 Å². The Bertz CT molecular complexity index is 505. The van der Waals surface area contributed by atoms with E-state index < -0.39 is 6.16 Å². The molecule has 0 saturated heterocycles. The molecule has 16 heavy (non-hydrogen) atoms. The number of nitrogens with zero attached hydrogens (tertiary/aromatic N) is 2. The molecule has 0 unspecified atom stereocenters. The second-order valence-electron chi connectivity index (χ2n) is 3.21. The molecule has 0 saturated carbocycles. The standard InChI is InChI=1S/C11H10N2O3/c1-8-10(16-11(14)15)7-12-13(8)9-5-3-2-4-6-9/h2-7H,1H3,(H,14,15). The quantitative estimate of drug-likeness (QED) is 0.785. The third-order valence-corrected chi connectivity index (χ3v) is 2.16. The number of benzene rings is 1. The summed E-state index contributed by atoms with van der Waals surface area (Å²) < 4.78 is 6.20. The van der Waals surface area contributed by atoms with Crippen molar-refractivity contribution < 1.29 is 14.6 Å². The Balaban J connectivity index is 2.37. The molecule has 0 amide bonds. The third-order valence-electron chi connectivity index (χ3n) is 2.16. The number of ether oxygens (including phenoxy) is 1. The monoisotopic (exact) mass is 218 g/mol. The van der Waals surface area contributed by atoms with Gasteiger partial charge in [0, 0.05) is 0 Å². The Morgan fingerprint density at radius 3 is 2.69 bits per heavy atom. The van der Waals surface area contributed by atoms with Crippen LogP contribution in [0.25, 0.3) is 5.69 Å². The van der Waals surface area contributed by atoms with Crippen molar-refractivity contribution in [3.05, 3.63) is 42.2 Å². The van der Waals surface area contributed by atoms with Gasteiger partial charge in [0.25, 0.3) is 0 Å². The Labute approximate surface area is 91.9 Å². The van der Waals surface area contributed by atoms with E-state index in [1.54, 1.807) is 11.6 Å². The molecule has 5 nitrogen and oxygen atoms in total. The predicted molar refractivity (Wildman–Crippen MR) is 57.0 cm³/mol. The van der Waals surface area contributed by atoms with E-state index in [1.165, 1.54) is 6.20 Å². The number of hydrogen-bond acceptors (Lipinski definition) is 3. The fraction of sp³-hybridized carbons (Fsp3) is 0.0909. The fourth-order valence-corrected chi connectivity index (χ4v) is 1.42. The van der Waals surface area contributed by atoms with Gasteiger partial charge in [0.05, 0.1) is 17.6 Å². The Morgan fingerprint density at radius 1 is 1.38 bits per heavy atom. The van der Waals surface area contributed by atoms with Crippen LogP contribution in [0.1, 0.15) is 5.69 Å². The van der Waals surface area contributed by atoms with E-state index >= 15 is 0 Å². The minimum absolute atomic E-state index is 0.247. The Kier molecular flexibility index (Phi) is 2.59. The first-order chi connectivity index (χ1) is 7.68.